The van der Waals surface area contributed by atoms with E-state index in [1.807, 2.05) is 36.4 Å². The third-order valence-electron chi connectivity index (χ3n) is 4.15. The second-order valence-corrected chi connectivity index (χ2v) is 5.76. The van der Waals surface area contributed by atoms with E-state index in [9.17, 15) is 9.90 Å². The molecule has 3 aromatic heterocycles. The Labute approximate surface area is 148 Å². The summed E-state index contributed by atoms with van der Waals surface area (Å²) in [4.78, 5) is 20.2. The summed E-state index contributed by atoms with van der Waals surface area (Å²) in [5.74, 6) is 0.00420. The van der Waals surface area contributed by atoms with E-state index in [-0.39, 0.29) is 5.69 Å². The van der Waals surface area contributed by atoms with E-state index < -0.39 is 5.97 Å². The van der Waals surface area contributed by atoms with E-state index in [0.717, 1.165) is 10.9 Å². The van der Waals surface area contributed by atoms with Crippen molar-refractivity contribution in [1.82, 2.24) is 14.4 Å². The number of benzene rings is 1. The molecule has 130 valence electrons. The largest absolute Gasteiger partial charge is 0.496 e. The molecule has 0 atom stereocenters. The summed E-state index contributed by atoms with van der Waals surface area (Å²) in [5, 5.41) is 13.4. The molecule has 0 aliphatic rings. The zero-order valence-electron chi connectivity index (χ0n) is 14.0. The maximum atomic E-state index is 11.5. The van der Waals surface area contributed by atoms with Gasteiger partial charge in [0.2, 0.25) is 5.95 Å². The zero-order chi connectivity index (χ0) is 18.1. The van der Waals surface area contributed by atoms with Crippen LogP contribution in [0.5, 0.6) is 5.75 Å². The Hall–Kier alpha value is -3.61. The first-order valence-corrected chi connectivity index (χ1v) is 8.03. The number of hydrogen-bond donors (Lipinski definition) is 2. The van der Waals surface area contributed by atoms with Crippen LogP contribution in [0, 0.1) is 0 Å². The number of fused-ring (bicyclic) bond motifs is 3. The lowest BCUT2D eigenvalue weighted by atomic mass is 10.2. The lowest BCUT2D eigenvalue weighted by Crippen LogP contribution is -2.10. The smallest absolute Gasteiger partial charge is 0.354 e. The molecule has 26 heavy (non-hydrogen) atoms. The fourth-order valence-corrected chi connectivity index (χ4v) is 2.94. The Balaban J connectivity index is 1.89. The lowest BCUT2D eigenvalue weighted by Gasteiger charge is -2.10. The topological polar surface area (TPSA) is 88.8 Å². The first-order chi connectivity index (χ1) is 12.7. The van der Waals surface area contributed by atoms with Crippen molar-refractivity contribution in [2.75, 3.05) is 12.4 Å². The van der Waals surface area contributed by atoms with E-state index in [0.29, 0.717) is 29.4 Å². The molecule has 0 saturated heterocycles. The number of aromatic nitrogens is 3. The van der Waals surface area contributed by atoms with Gasteiger partial charge >= 0.3 is 5.97 Å². The molecule has 0 aliphatic carbocycles. The minimum atomic E-state index is -1.08. The second-order valence-electron chi connectivity index (χ2n) is 5.76. The van der Waals surface area contributed by atoms with E-state index in [2.05, 4.69) is 15.3 Å². The van der Waals surface area contributed by atoms with Gasteiger partial charge in [-0.25, -0.2) is 14.8 Å². The molecule has 0 saturated carbocycles. The molecule has 1 aromatic carbocycles. The van der Waals surface area contributed by atoms with E-state index in [1.165, 1.54) is 6.07 Å². The molecule has 0 amide bonds. The minimum Gasteiger partial charge on any atom is -0.496 e. The van der Waals surface area contributed by atoms with Crippen LogP contribution < -0.4 is 10.1 Å². The van der Waals surface area contributed by atoms with Gasteiger partial charge in [0.05, 0.1) is 18.0 Å². The van der Waals surface area contributed by atoms with Gasteiger partial charge < -0.3 is 15.2 Å². The van der Waals surface area contributed by atoms with Crippen LogP contribution >= 0.6 is 0 Å². The standard InChI is InChI=1S/C19H16N4O3/c1-26-16-7-8-20-17-14(16)9-13-10-15(18(24)25)22-19(23(13)17)21-11-12-5-3-2-4-6-12/h2-10H,11H2,1H3,(H,21,22)(H,24,25). The fraction of sp³-hybridized carbons (Fsp3) is 0.105. The van der Waals surface area contributed by atoms with Crippen molar-refractivity contribution >= 4 is 28.5 Å². The van der Waals surface area contributed by atoms with Gasteiger partial charge in [-0.15, -0.1) is 0 Å². The first-order valence-electron chi connectivity index (χ1n) is 8.03. The number of nitrogens with zero attached hydrogens (tertiary/aromatic N) is 3. The first kappa shape index (κ1) is 15.9. The Bertz CT molecular complexity index is 1110. The van der Waals surface area contributed by atoms with E-state index in [4.69, 9.17) is 4.74 Å². The lowest BCUT2D eigenvalue weighted by molar-refractivity contribution is 0.0690. The molecule has 4 rings (SSSR count). The third kappa shape index (κ3) is 2.69. The van der Waals surface area contributed by atoms with Gasteiger partial charge in [-0.1, -0.05) is 30.3 Å². The molecule has 0 unspecified atom stereocenters. The van der Waals surface area contributed by atoms with Crippen molar-refractivity contribution in [2.45, 2.75) is 6.54 Å². The summed E-state index contributed by atoms with van der Waals surface area (Å²) >= 11 is 0. The van der Waals surface area contributed by atoms with Crippen molar-refractivity contribution in [2.24, 2.45) is 0 Å². The van der Waals surface area contributed by atoms with Crippen LogP contribution in [-0.4, -0.2) is 32.6 Å². The Morgan fingerprint density at radius 3 is 2.77 bits per heavy atom. The average Bonchev–Trinajstić information content (AvgIpc) is 3.05. The van der Waals surface area contributed by atoms with Gasteiger partial charge in [0.1, 0.15) is 5.75 Å². The van der Waals surface area contributed by atoms with Crippen molar-refractivity contribution in [3.05, 3.63) is 66.0 Å². The molecule has 7 heteroatoms. The van der Waals surface area contributed by atoms with E-state index >= 15 is 0 Å². The maximum Gasteiger partial charge on any atom is 0.354 e. The number of anilines is 1. The summed E-state index contributed by atoms with van der Waals surface area (Å²) < 4.78 is 7.19. The number of nitrogens with one attached hydrogen (secondary N) is 1. The van der Waals surface area contributed by atoms with Crippen molar-refractivity contribution in [3.8, 4) is 5.75 Å². The number of pyridine rings is 1. The molecule has 4 aromatic rings. The monoisotopic (exact) mass is 348 g/mol. The molecule has 0 aliphatic heterocycles. The van der Waals surface area contributed by atoms with Gasteiger partial charge in [0.25, 0.3) is 0 Å². The Morgan fingerprint density at radius 1 is 1.23 bits per heavy atom. The predicted molar refractivity (Wildman–Crippen MR) is 97.8 cm³/mol. The quantitative estimate of drug-likeness (QED) is 0.576. The molecule has 0 bridgehead atoms. The average molecular weight is 348 g/mol. The Kier molecular flexibility index (Phi) is 3.89. The number of carboxylic acids is 1. The van der Waals surface area contributed by atoms with Crippen LogP contribution in [0.4, 0.5) is 5.95 Å². The minimum absolute atomic E-state index is 0.0326. The van der Waals surface area contributed by atoms with Gasteiger partial charge in [-0.3, -0.25) is 4.40 Å². The molecular weight excluding hydrogens is 332 g/mol. The highest BCUT2D eigenvalue weighted by Crippen LogP contribution is 2.29. The van der Waals surface area contributed by atoms with Crippen LogP contribution in [-0.2, 0) is 6.54 Å². The van der Waals surface area contributed by atoms with Crippen molar-refractivity contribution in [3.63, 3.8) is 0 Å². The fourth-order valence-electron chi connectivity index (χ4n) is 2.94. The van der Waals surface area contributed by atoms with Crippen molar-refractivity contribution in [1.29, 1.82) is 0 Å². The number of carboxylic acid groups (broad SMARTS) is 1. The molecule has 0 fully saturated rings. The maximum absolute atomic E-state index is 11.5. The second kappa shape index (κ2) is 6.36. The summed E-state index contributed by atoms with van der Waals surface area (Å²) in [5.41, 5.74) is 2.36. The van der Waals surface area contributed by atoms with Crippen LogP contribution in [0.3, 0.4) is 0 Å². The summed E-state index contributed by atoms with van der Waals surface area (Å²) in [6, 6.07) is 15.0. The van der Waals surface area contributed by atoms with Crippen LogP contribution in [0.25, 0.3) is 16.6 Å². The number of methoxy groups -OCH3 is 1. The third-order valence-corrected chi connectivity index (χ3v) is 4.15. The Morgan fingerprint density at radius 2 is 2.04 bits per heavy atom. The molecule has 0 spiro atoms. The summed E-state index contributed by atoms with van der Waals surface area (Å²) in [6.45, 7) is 0.510. The number of ether oxygens (including phenoxy) is 1. The molecular formula is C19H16N4O3. The SMILES string of the molecule is COc1ccnc2c1cc1cc(C(=O)O)nc(NCc3ccccc3)n12. The summed E-state index contributed by atoms with van der Waals surface area (Å²) in [7, 11) is 1.59. The number of carbonyl (C=O) groups is 1. The molecule has 3 heterocycles. The molecule has 7 nitrogen and oxygen atoms in total. The summed E-state index contributed by atoms with van der Waals surface area (Å²) in [6.07, 6.45) is 1.65. The van der Waals surface area contributed by atoms with Crippen LogP contribution in [0.1, 0.15) is 16.1 Å². The zero-order valence-corrected chi connectivity index (χ0v) is 14.0. The van der Waals surface area contributed by atoms with E-state index in [1.54, 1.807) is 23.8 Å². The highest BCUT2D eigenvalue weighted by atomic mass is 16.5. The van der Waals surface area contributed by atoms with Crippen molar-refractivity contribution < 1.29 is 14.6 Å². The van der Waals surface area contributed by atoms with Gasteiger partial charge in [-0.2, -0.15) is 0 Å². The number of hydrogen-bond acceptors (Lipinski definition) is 5. The highest BCUT2D eigenvalue weighted by Gasteiger charge is 2.16. The number of rotatable bonds is 5. The number of aromatic carboxylic acids is 1. The molecule has 2 N–H and O–H groups in total. The van der Waals surface area contributed by atoms with Gasteiger partial charge in [-0.05, 0) is 23.8 Å². The highest BCUT2D eigenvalue weighted by molar-refractivity contribution is 5.93. The predicted octanol–water partition coefficient (Wildman–Crippen LogP) is 3.20. The van der Waals surface area contributed by atoms with Gasteiger partial charge in [0.15, 0.2) is 11.3 Å². The van der Waals surface area contributed by atoms with Gasteiger partial charge in [0, 0.05) is 12.7 Å². The van der Waals surface area contributed by atoms with Crippen LogP contribution in [0.15, 0.2) is 54.7 Å². The van der Waals surface area contributed by atoms with Crippen LogP contribution in [0.2, 0.25) is 0 Å². The normalized spacial score (nSPS) is 11.0. The molecule has 0 radical (unpaired) electrons.